The molecule has 1 aromatic carbocycles. The second-order valence-electron chi connectivity index (χ2n) is 7.38. The van der Waals surface area contributed by atoms with Crippen LogP contribution in [-0.2, 0) is 4.79 Å². The number of para-hydroxylation sites is 1. The minimum Gasteiger partial charge on any atom is -0.369 e. The zero-order valence-electron chi connectivity index (χ0n) is 15.4. The second kappa shape index (κ2) is 8.65. The lowest BCUT2D eigenvalue weighted by Crippen LogP contribution is -2.50. The van der Waals surface area contributed by atoms with Gasteiger partial charge in [-0.05, 0) is 24.5 Å². The van der Waals surface area contributed by atoms with Crippen LogP contribution >= 0.6 is 0 Å². The van der Waals surface area contributed by atoms with Crippen LogP contribution in [0.25, 0.3) is 0 Å². The number of amides is 1. The van der Waals surface area contributed by atoms with Crippen LogP contribution in [-0.4, -0.2) is 62.2 Å². The Hall–Kier alpha value is -1.63. The van der Waals surface area contributed by atoms with Crippen molar-refractivity contribution in [2.24, 2.45) is 5.92 Å². The second-order valence-corrected chi connectivity index (χ2v) is 7.38. The average molecular weight is 345 g/mol. The number of benzene rings is 1. The standard InChI is InChI=1S/C19H31N5O/c1-15(2)17-14-18(22-21-17)19(25)20-8-9-23-10-12-24(13-11-23)16-6-4-3-5-7-16/h3-7,15,17-18,21-22H,8-14H2,1-2H3,(H,20,25). The van der Waals surface area contributed by atoms with Gasteiger partial charge in [0.1, 0.15) is 6.04 Å². The first-order valence-electron chi connectivity index (χ1n) is 9.44. The molecule has 2 saturated heterocycles. The first-order chi connectivity index (χ1) is 12.1. The molecule has 25 heavy (non-hydrogen) atoms. The largest absolute Gasteiger partial charge is 0.369 e. The van der Waals surface area contributed by atoms with E-state index in [1.165, 1.54) is 5.69 Å². The molecule has 1 aromatic rings. The molecule has 3 N–H and O–H groups in total. The fourth-order valence-corrected chi connectivity index (χ4v) is 3.52. The molecular weight excluding hydrogens is 314 g/mol. The molecule has 6 heteroatoms. The van der Waals surface area contributed by atoms with E-state index in [0.717, 1.165) is 39.1 Å². The molecule has 0 aliphatic carbocycles. The van der Waals surface area contributed by atoms with Gasteiger partial charge in [0, 0.05) is 51.0 Å². The lowest BCUT2D eigenvalue weighted by atomic mass is 9.99. The monoisotopic (exact) mass is 345 g/mol. The molecule has 0 radical (unpaired) electrons. The van der Waals surface area contributed by atoms with E-state index in [2.05, 4.69) is 70.1 Å². The van der Waals surface area contributed by atoms with Crippen LogP contribution in [0.3, 0.4) is 0 Å². The van der Waals surface area contributed by atoms with Crippen LogP contribution in [0.4, 0.5) is 5.69 Å². The lowest BCUT2D eigenvalue weighted by molar-refractivity contribution is -0.122. The number of rotatable bonds is 6. The number of carbonyl (C=O) groups excluding carboxylic acids is 1. The summed E-state index contributed by atoms with van der Waals surface area (Å²) in [5.74, 6) is 0.643. The Morgan fingerprint density at radius 1 is 1.16 bits per heavy atom. The van der Waals surface area contributed by atoms with Crippen LogP contribution in [0.15, 0.2) is 30.3 Å². The highest BCUT2D eigenvalue weighted by atomic mass is 16.2. The minimum absolute atomic E-state index is 0.109. The number of carbonyl (C=O) groups is 1. The Kier molecular flexibility index (Phi) is 6.29. The summed E-state index contributed by atoms with van der Waals surface area (Å²) in [6.07, 6.45) is 0.860. The van der Waals surface area contributed by atoms with E-state index in [1.807, 2.05) is 0 Å². The van der Waals surface area contributed by atoms with E-state index in [-0.39, 0.29) is 11.9 Å². The SMILES string of the molecule is CC(C)C1CC(C(=O)NCCN2CCN(c3ccccc3)CC2)NN1. The van der Waals surface area contributed by atoms with E-state index in [0.29, 0.717) is 18.5 Å². The minimum atomic E-state index is -0.109. The number of piperazine rings is 1. The molecule has 138 valence electrons. The molecule has 2 atom stereocenters. The summed E-state index contributed by atoms with van der Waals surface area (Å²) in [5, 5.41) is 3.08. The molecule has 0 saturated carbocycles. The number of nitrogens with one attached hydrogen (secondary N) is 3. The summed E-state index contributed by atoms with van der Waals surface area (Å²) in [5.41, 5.74) is 7.64. The van der Waals surface area contributed by atoms with Crippen LogP contribution in [0, 0.1) is 5.92 Å². The van der Waals surface area contributed by atoms with Crippen LogP contribution in [0.1, 0.15) is 20.3 Å². The molecule has 0 spiro atoms. The first-order valence-corrected chi connectivity index (χ1v) is 9.44. The maximum atomic E-state index is 12.3. The zero-order valence-corrected chi connectivity index (χ0v) is 15.4. The third kappa shape index (κ3) is 4.93. The Morgan fingerprint density at radius 3 is 2.52 bits per heavy atom. The third-order valence-electron chi connectivity index (χ3n) is 5.27. The van der Waals surface area contributed by atoms with Gasteiger partial charge in [0.15, 0.2) is 0 Å². The number of hydrogen-bond donors (Lipinski definition) is 3. The van der Waals surface area contributed by atoms with Crippen LogP contribution < -0.4 is 21.1 Å². The van der Waals surface area contributed by atoms with Gasteiger partial charge in [-0.2, -0.15) is 0 Å². The van der Waals surface area contributed by atoms with Gasteiger partial charge in [-0.15, -0.1) is 0 Å². The predicted molar refractivity (Wildman–Crippen MR) is 101 cm³/mol. The molecule has 2 fully saturated rings. The van der Waals surface area contributed by atoms with E-state index in [9.17, 15) is 4.79 Å². The molecule has 2 unspecified atom stereocenters. The summed E-state index contributed by atoms with van der Waals surface area (Å²) in [4.78, 5) is 17.1. The Morgan fingerprint density at radius 2 is 1.88 bits per heavy atom. The number of anilines is 1. The molecule has 2 aliphatic heterocycles. The number of hydrogen-bond acceptors (Lipinski definition) is 5. The smallest absolute Gasteiger partial charge is 0.238 e. The Balaban J connectivity index is 1.33. The fraction of sp³-hybridized carbons (Fsp3) is 0.632. The third-order valence-corrected chi connectivity index (χ3v) is 5.27. The quantitative estimate of drug-likeness (QED) is 0.713. The van der Waals surface area contributed by atoms with Gasteiger partial charge in [-0.1, -0.05) is 32.0 Å². The number of hydrazine groups is 1. The van der Waals surface area contributed by atoms with Crippen molar-refractivity contribution in [3.05, 3.63) is 30.3 Å². The van der Waals surface area contributed by atoms with Gasteiger partial charge in [0.25, 0.3) is 0 Å². The molecule has 2 heterocycles. The summed E-state index contributed by atoms with van der Waals surface area (Å²) in [7, 11) is 0. The van der Waals surface area contributed by atoms with Gasteiger partial charge >= 0.3 is 0 Å². The topological polar surface area (TPSA) is 59.6 Å². The van der Waals surface area contributed by atoms with Crippen molar-refractivity contribution >= 4 is 11.6 Å². The van der Waals surface area contributed by atoms with Crippen molar-refractivity contribution in [3.8, 4) is 0 Å². The lowest BCUT2D eigenvalue weighted by Gasteiger charge is -2.36. The van der Waals surface area contributed by atoms with Gasteiger partial charge in [0.2, 0.25) is 5.91 Å². The number of nitrogens with zero attached hydrogens (tertiary/aromatic N) is 2. The van der Waals surface area contributed by atoms with E-state index in [1.54, 1.807) is 0 Å². The summed E-state index contributed by atoms with van der Waals surface area (Å²) >= 11 is 0. The maximum Gasteiger partial charge on any atom is 0.238 e. The van der Waals surface area contributed by atoms with E-state index >= 15 is 0 Å². The average Bonchev–Trinajstić information content (AvgIpc) is 3.14. The van der Waals surface area contributed by atoms with Crippen LogP contribution in [0.5, 0.6) is 0 Å². The molecule has 0 bridgehead atoms. The van der Waals surface area contributed by atoms with Crippen molar-refractivity contribution in [3.63, 3.8) is 0 Å². The van der Waals surface area contributed by atoms with Crippen molar-refractivity contribution in [1.82, 2.24) is 21.1 Å². The molecule has 1 amide bonds. The van der Waals surface area contributed by atoms with Gasteiger partial charge in [-0.3, -0.25) is 15.1 Å². The normalized spacial score (nSPS) is 24.7. The van der Waals surface area contributed by atoms with Gasteiger partial charge in [0.05, 0.1) is 0 Å². The summed E-state index contributed by atoms with van der Waals surface area (Å²) < 4.78 is 0. The van der Waals surface area contributed by atoms with Gasteiger partial charge < -0.3 is 10.2 Å². The highest BCUT2D eigenvalue weighted by Crippen LogP contribution is 2.15. The first kappa shape index (κ1) is 18.2. The molecule has 6 nitrogen and oxygen atoms in total. The van der Waals surface area contributed by atoms with E-state index < -0.39 is 0 Å². The van der Waals surface area contributed by atoms with Crippen molar-refractivity contribution in [1.29, 1.82) is 0 Å². The Bertz CT molecular complexity index is 542. The van der Waals surface area contributed by atoms with Gasteiger partial charge in [-0.25, -0.2) is 5.43 Å². The van der Waals surface area contributed by atoms with Crippen molar-refractivity contribution < 1.29 is 4.79 Å². The zero-order chi connectivity index (χ0) is 17.6. The highest BCUT2D eigenvalue weighted by molar-refractivity contribution is 5.82. The maximum absolute atomic E-state index is 12.3. The highest BCUT2D eigenvalue weighted by Gasteiger charge is 2.30. The molecule has 3 rings (SSSR count). The Labute approximate surface area is 150 Å². The molecule has 0 aromatic heterocycles. The molecular formula is C19H31N5O. The summed E-state index contributed by atoms with van der Waals surface area (Å²) in [6.45, 7) is 10.2. The predicted octanol–water partition coefficient (Wildman–Crippen LogP) is 0.816. The van der Waals surface area contributed by atoms with Crippen LogP contribution in [0.2, 0.25) is 0 Å². The molecule has 2 aliphatic rings. The van der Waals surface area contributed by atoms with E-state index in [4.69, 9.17) is 0 Å². The summed E-state index contributed by atoms with van der Waals surface area (Å²) in [6, 6.07) is 10.8. The van der Waals surface area contributed by atoms with Crippen molar-refractivity contribution in [2.75, 3.05) is 44.2 Å². The van der Waals surface area contributed by atoms with Crippen molar-refractivity contribution in [2.45, 2.75) is 32.4 Å². The fourth-order valence-electron chi connectivity index (χ4n) is 3.52.